The molecule has 7 nitrogen and oxygen atoms in total. The average Bonchev–Trinajstić information content (AvgIpc) is 3.27. The summed E-state index contributed by atoms with van der Waals surface area (Å²) in [6.45, 7) is 0.698. The minimum absolute atomic E-state index is 0.120. The van der Waals surface area contributed by atoms with Crippen molar-refractivity contribution in [1.82, 2.24) is 14.8 Å². The quantitative estimate of drug-likeness (QED) is 0.620. The Hall–Kier alpha value is -2.58. The molecule has 1 aliphatic rings. The van der Waals surface area contributed by atoms with Crippen LogP contribution in [0.3, 0.4) is 0 Å². The number of nitrogens with one attached hydrogen (secondary N) is 2. The lowest BCUT2D eigenvalue weighted by atomic mass is 10.1. The highest BCUT2D eigenvalue weighted by molar-refractivity contribution is 6.32. The van der Waals surface area contributed by atoms with E-state index >= 15 is 0 Å². The third-order valence-corrected chi connectivity index (χ3v) is 4.73. The van der Waals surface area contributed by atoms with Crippen LogP contribution < -0.4 is 5.32 Å². The predicted molar refractivity (Wildman–Crippen MR) is 95.0 cm³/mol. The van der Waals surface area contributed by atoms with Gasteiger partial charge >= 0.3 is 6.09 Å². The van der Waals surface area contributed by atoms with E-state index in [0.717, 1.165) is 24.8 Å². The topological polar surface area (TPSA) is 92.2 Å². The number of aromatic nitrogens is 3. The summed E-state index contributed by atoms with van der Waals surface area (Å²) in [6.07, 6.45) is 6.69. The Balaban J connectivity index is 1.80. The predicted octanol–water partition coefficient (Wildman–Crippen LogP) is 4.61. The molecule has 9 heteroatoms. The van der Waals surface area contributed by atoms with E-state index in [1.807, 2.05) is 6.20 Å². The molecule has 1 saturated heterocycles. The maximum absolute atomic E-state index is 14.4. The van der Waals surface area contributed by atoms with Crippen LogP contribution >= 0.6 is 11.6 Å². The van der Waals surface area contributed by atoms with Gasteiger partial charge in [-0.05, 0) is 25.3 Å². The van der Waals surface area contributed by atoms with E-state index in [2.05, 4.69) is 15.4 Å². The summed E-state index contributed by atoms with van der Waals surface area (Å²) in [4.78, 5) is 13.9. The SMILES string of the molecule is O=C(O)Nc1cc(Cl)c(F)c2[nH]cc(-c3cnn(C4CCCCO4)c3)c12. The van der Waals surface area contributed by atoms with Gasteiger partial charge in [-0.25, -0.2) is 13.9 Å². The first-order valence-electron chi connectivity index (χ1n) is 8.19. The Morgan fingerprint density at radius 1 is 1.50 bits per heavy atom. The van der Waals surface area contributed by atoms with E-state index in [1.54, 1.807) is 17.1 Å². The normalized spacial score (nSPS) is 17.5. The van der Waals surface area contributed by atoms with Crippen molar-refractivity contribution in [3.8, 4) is 11.1 Å². The molecular formula is C17H16ClFN4O3. The average molecular weight is 379 g/mol. The molecule has 136 valence electrons. The lowest BCUT2D eigenvalue weighted by Crippen LogP contribution is -2.18. The lowest BCUT2D eigenvalue weighted by molar-refractivity contribution is -0.0394. The minimum Gasteiger partial charge on any atom is -0.465 e. The van der Waals surface area contributed by atoms with E-state index in [4.69, 9.17) is 21.4 Å². The number of halogens is 2. The van der Waals surface area contributed by atoms with Crippen molar-refractivity contribution in [2.24, 2.45) is 0 Å². The van der Waals surface area contributed by atoms with Crippen molar-refractivity contribution in [3.63, 3.8) is 0 Å². The van der Waals surface area contributed by atoms with Crippen LogP contribution in [0.1, 0.15) is 25.5 Å². The maximum Gasteiger partial charge on any atom is 0.409 e. The maximum atomic E-state index is 14.4. The van der Waals surface area contributed by atoms with Crippen LogP contribution in [0.5, 0.6) is 0 Å². The Labute approximate surface area is 152 Å². The van der Waals surface area contributed by atoms with Gasteiger partial charge in [0.25, 0.3) is 0 Å². The Morgan fingerprint density at radius 3 is 3.08 bits per heavy atom. The zero-order valence-electron chi connectivity index (χ0n) is 13.6. The Kier molecular flexibility index (Phi) is 4.29. The Bertz CT molecular complexity index is 978. The molecular weight excluding hydrogens is 363 g/mol. The fourth-order valence-electron chi connectivity index (χ4n) is 3.27. The summed E-state index contributed by atoms with van der Waals surface area (Å²) in [5, 5.41) is 15.9. The van der Waals surface area contributed by atoms with Gasteiger partial charge in [0.1, 0.15) is 6.23 Å². The summed E-state index contributed by atoms with van der Waals surface area (Å²) in [7, 11) is 0. The first-order valence-corrected chi connectivity index (χ1v) is 8.57. The first kappa shape index (κ1) is 16.9. The van der Waals surface area contributed by atoms with Gasteiger partial charge in [0.05, 0.1) is 22.4 Å². The zero-order chi connectivity index (χ0) is 18.3. The number of anilines is 1. The molecule has 0 spiro atoms. The molecule has 0 bridgehead atoms. The number of hydrogen-bond acceptors (Lipinski definition) is 3. The van der Waals surface area contributed by atoms with E-state index < -0.39 is 11.9 Å². The summed E-state index contributed by atoms with van der Waals surface area (Å²) in [5.41, 5.74) is 1.69. The van der Waals surface area contributed by atoms with Gasteiger partial charge in [0.15, 0.2) is 5.82 Å². The highest BCUT2D eigenvalue weighted by atomic mass is 35.5. The second-order valence-electron chi connectivity index (χ2n) is 6.13. The number of nitrogens with zero attached hydrogens (tertiary/aromatic N) is 2. The fourth-order valence-corrected chi connectivity index (χ4v) is 3.47. The third-order valence-electron chi connectivity index (χ3n) is 4.45. The van der Waals surface area contributed by atoms with Gasteiger partial charge in [0, 0.05) is 35.5 Å². The molecule has 1 aromatic carbocycles. The molecule has 3 N–H and O–H groups in total. The first-order chi connectivity index (χ1) is 12.5. The number of aromatic amines is 1. The van der Waals surface area contributed by atoms with Crippen LogP contribution in [0.25, 0.3) is 22.0 Å². The van der Waals surface area contributed by atoms with Crippen molar-refractivity contribution in [2.75, 3.05) is 11.9 Å². The highest BCUT2D eigenvalue weighted by Gasteiger charge is 2.21. The van der Waals surface area contributed by atoms with Crippen LogP contribution in [0.4, 0.5) is 14.9 Å². The molecule has 0 radical (unpaired) electrons. The number of benzene rings is 1. The molecule has 0 aliphatic carbocycles. The molecule has 1 atom stereocenters. The molecule has 3 aromatic rings. The second kappa shape index (κ2) is 6.62. The van der Waals surface area contributed by atoms with Crippen molar-refractivity contribution >= 4 is 34.3 Å². The van der Waals surface area contributed by atoms with Gasteiger partial charge in [0.2, 0.25) is 0 Å². The summed E-state index contributed by atoms with van der Waals surface area (Å²) in [6, 6.07) is 1.26. The zero-order valence-corrected chi connectivity index (χ0v) is 14.4. The van der Waals surface area contributed by atoms with Gasteiger partial charge in [-0.2, -0.15) is 5.10 Å². The molecule has 2 aromatic heterocycles. The van der Waals surface area contributed by atoms with Crippen molar-refractivity contribution < 1.29 is 19.0 Å². The molecule has 0 saturated carbocycles. The summed E-state index contributed by atoms with van der Waals surface area (Å²) in [5.74, 6) is -0.633. The van der Waals surface area contributed by atoms with Gasteiger partial charge < -0.3 is 14.8 Å². The van der Waals surface area contributed by atoms with E-state index in [-0.39, 0.29) is 22.5 Å². The van der Waals surface area contributed by atoms with Gasteiger partial charge in [-0.15, -0.1) is 0 Å². The van der Waals surface area contributed by atoms with Crippen LogP contribution in [-0.4, -0.2) is 32.6 Å². The van der Waals surface area contributed by atoms with Crippen LogP contribution in [0, 0.1) is 5.82 Å². The number of ether oxygens (including phenoxy) is 1. The molecule has 26 heavy (non-hydrogen) atoms. The van der Waals surface area contributed by atoms with Crippen LogP contribution in [-0.2, 0) is 4.74 Å². The molecule has 1 amide bonds. The minimum atomic E-state index is -1.26. The number of rotatable bonds is 3. The number of fused-ring (bicyclic) bond motifs is 1. The second-order valence-corrected chi connectivity index (χ2v) is 6.54. The molecule has 1 aliphatic heterocycles. The molecule has 4 rings (SSSR count). The summed E-state index contributed by atoms with van der Waals surface area (Å²) >= 11 is 5.88. The van der Waals surface area contributed by atoms with Gasteiger partial charge in [-0.3, -0.25) is 5.32 Å². The van der Waals surface area contributed by atoms with Gasteiger partial charge in [-0.1, -0.05) is 11.6 Å². The van der Waals surface area contributed by atoms with E-state index in [9.17, 15) is 9.18 Å². The molecule has 3 heterocycles. The molecule has 1 fully saturated rings. The monoisotopic (exact) mass is 378 g/mol. The van der Waals surface area contributed by atoms with Crippen molar-refractivity contribution in [3.05, 3.63) is 35.5 Å². The standard InChI is InChI=1S/C17H16ClFN4O3/c18-11-5-12(22-17(24)25)14-10(7-20-16(14)15(11)19)9-6-21-23(8-9)13-3-1-2-4-26-13/h5-8,13,20,22H,1-4H2,(H,24,25). The molecule has 1 unspecified atom stereocenters. The largest absolute Gasteiger partial charge is 0.465 e. The van der Waals surface area contributed by atoms with Crippen molar-refractivity contribution in [2.45, 2.75) is 25.5 Å². The number of carbonyl (C=O) groups is 1. The number of H-pyrrole nitrogens is 1. The summed E-state index contributed by atoms with van der Waals surface area (Å²) < 4.78 is 21.8. The number of hydrogen-bond donors (Lipinski definition) is 3. The lowest BCUT2D eigenvalue weighted by Gasteiger charge is -2.22. The third kappa shape index (κ3) is 2.91. The smallest absolute Gasteiger partial charge is 0.409 e. The number of amides is 1. The van der Waals surface area contributed by atoms with E-state index in [0.29, 0.717) is 17.6 Å². The van der Waals surface area contributed by atoms with Crippen LogP contribution in [0.2, 0.25) is 5.02 Å². The van der Waals surface area contributed by atoms with Crippen molar-refractivity contribution in [1.29, 1.82) is 0 Å². The number of carboxylic acid groups (broad SMARTS) is 1. The highest BCUT2D eigenvalue weighted by Crippen LogP contribution is 2.38. The van der Waals surface area contributed by atoms with Crippen LogP contribution in [0.15, 0.2) is 24.7 Å². The fraction of sp³-hybridized carbons (Fsp3) is 0.294. The Morgan fingerprint density at radius 2 is 2.35 bits per heavy atom. The van der Waals surface area contributed by atoms with E-state index in [1.165, 1.54) is 6.07 Å².